The van der Waals surface area contributed by atoms with Gasteiger partial charge in [0, 0.05) is 55.5 Å². The van der Waals surface area contributed by atoms with Gasteiger partial charge in [-0.05, 0) is 49.1 Å². The van der Waals surface area contributed by atoms with Crippen molar-refractivity contribution in [2.45, 2.75) is 39.2 Å². The first-order chi connectivity index (χ1) is 17.3. The van der Waals surface area contributed by atoms with Crippen LogP contribution in [0.1, 0.15) is 55.8 Å². The molecule has 0 aliphatic carbocycles. The predicted molar refractivity (Wildman–Crippen MR) is 140 cm³/mol. The predicted octanol–water partition coefficient (Wildman–Crippen LogP) is 5.16. The third-order valence-electron chi connectivity index (χ3n) is 6.71. The highest BCUT2D eigenvalue weighted by Crippen LogP contribution is 2.43. The summed E-state index contributed by atoms with van der Waals surface area (Å²) >= 11 is 0. The third-order valence-corrected chi connectivity index (χ3v) is 6.71. The summed E-state index contributed by atoms with van der Waals surface area (Å²) < 4.78 is 12.9. The summed E-state index contributed by atoms with van der Waals surface area (Å²) in [6.45, 7) is 7.34. The second-order valence-electron chi connectivity index (χ2n) is 9.39. The number of carbonyl (C=O) groups is 2. The summed E-state index contributed by atoms with van der Waals surface area (Å²) in [5, 5.41) is 12.5. The van der Waals surface area contributed by atoms with Crippen LogP contribution in [-0.2, 0) is 21.4 Å². The number of ether oxygens (including phenoxy) is 2. The van der Waals surface area contributed by atoms with E-state index >= 15 is 0 Å². The number of amides is 1. The van der Waals surface area contributed by atoms with Gasteiger partial charge < -0.3 is 24.0 Å². The number of aliphatic hydroxyl groups is 1. The molecule has 1 aliphatic rings. The maximum atomic E-state index is 13.4. The van der Waals surface area contributed by atoms with Gasteiger partial charge in [-0.25, -0.2) is 0 Å². The Kier molecular flexibility index (Phi) is 7.50. The maximum Gasteiger partial charge on any atom is 0.295 e. The molecule has 7 heteroatoms. The number of Topliss-reactive ketones (excluding diaryl/α,β-unsaturated/α-hetero) is 1. The Bertz CT molecular complexity index is 1320. The molecule has 7 nitrogen and oxygen atoms in total. The van der Waals surface area contributed by atoms with Crippen molar-refractivity contribution in [3.05, 3.63) is 70.9 Å². The van der Waals surface area contributed by atoms with Gasteiger partial charge >= 0.3 is 0 Å². The largest absolute Gasteiger partial charge is 0.507 e. The summed E-state index contributed by atoms with van der Waals surface area (Å²) in [7, 11) is 3.54. The molecule has 1 aliphatic heterocycles. The fourth-order valence-corrected chi connectivity index (χ4v) is 4.99. The smallest absolute Gasteiger partial charge is 0.295 e. The molecule has 0 radical (unpaired) electrons. The summed E-state index contributed by atoms with van der Waals surface area (Å²) in [5.74, 6) is -0.576. The van der Waals surface area contributed by atoms with Crippen molar-refractivity contribution in [3.8, 4) is 5.75 Å². The zero-order valence-electron chi connectivity index (χ0n) is 21.6. The molecule has 2 aromatic carbocycles. The van der Waals surface area contributed by atoms with Gasteiger partial charge in [-0.15, -0.1) is 0 Å². The van der Waals surface area contributed by atoms with Gasteiger partial charge in [0.05, 0.1) is 18.2 Å². The van der Waals surface area contributed by atoms with Crippen LogP contribution in [0.15, 0.2) is 54.2 Å². The van der Waals surface area contributed by atoms with E-state index in [1.165, 1.54) is 0 Å². The number of methoxy groups -OCH3 is 1. The second kappa shape index (κ2) is 10.6. The molecule has 1 unspecified atom stereocenters. The molecule has 3 aromatic rings. The lowest BCUT2D eigenvalue weighted by Crippen LogP contribution is -2.31. The van der Waals surface area contributed by atoms with E-state index in [4.69, 9.17) is 9.47 Å². The molecule has 36 heavy (non-hydrogen) atoms. The van der Waals surface area contributed by atoms with Gasteiger partial charge in [-0.1, -0.05) is 32.0 Å². The Morgan fingerprint density at radius 3 is 2.58 bits per heavy atom. The highest BCUT2D eigenvalue weighted by molar-refractivity contribution is 6.46. The molecule has 4 rings (SSSR count). The van der Waals surface area contributed by atoms with Crippen LogP contribution in [0.4, 0.5) is 0 Å². The minimum atomic E-state index is -0.706. The molecular formula is C29H34N2O5. The average Bonchev–Trinajstić information content (AvgIpc) is 3.33. The normalized spacial score (nSPS) is 17.5. The van der Waals surface area contributed by atoms with Gasteiger partial charge in [0.25, 0.3) is 11.7 Å². The molecule has 0 spiro atoms. The molecule has 1 fully saturated rings. The number of aliphatic hydroxyl groups excluding tert-OH is 1. The maximum absolute atomic E-state index is 13.4. The number of nitrogens with zero attached hydrogens (tertiary/aromatic N) is 2. The van der Waals surface area contributed by atoms with E-state index in [2.05, 4.69) is 0 Å². The number of hydrogen-bond acceptors (Lipinski definition) is 5. The number of aromatic nitrogens is 1. The van der Waals surface area contributed by atoms with Crippen LogP contribution in [0.2, 0.25) is 0 Å². The van der Waals surface area contributed by atoms with Crippen LogP contribution in [0.5, 0.6) is 5.75 Å². The third kappa shape index (κ3) is 4.51. The Morgan fingerprint density at radius 1 is 1.14 bits per heavy atom. The number of carbonyl (C=O) groups excluding carboxylic acids is 2. The zero-order chi connectivity index (χ0) is 26.0. The van der Waals surface area contributed by atoms with E-state index in [9.17, 15) is 14.7 Å². The van der Waals surface area contributed by atoms with Crippen molar-refractivity contribution < 1.29 is 24.2 Å². The number of likely N-dealkylation sites (tertiary alicyclic amines) is 1. The van der Waals surface area contributed by atoms with E-state index in [0.717, 1.165) is 27.8 Å². The Labute approximate surface area is 211 Å². The molecule has 1 saturated heterocycles. The number of benzene rings is 2. The van der Waals surface area contributed by atoms with Crippen molar-refractivity contribution in [1.29, 1.82) is 0 Å². The average molecular weight is 491 g/mol. The number of fused-ring (bicyclic) bond motifs is 1. The number of para-hydroxylation sites is 1. The van der Waals surface area contributed by atoms with Crippen molar-refractivity contribution >= 4 is 28.4 Å². The summed E-state index contributed by atoms with van der Waals surface area (Å²) in [6, 6.07) is 12.6. The molecule has 1 atom stereocenters. The number of aryl methyl sites for hydroxylation is 1. The lowest BCUT2D eigenvalue weighted by Gasteiger charge is -2.25. The number of hydrogen-bond donors (Lipinski definition) is 1. The molecule has 0 saturated carbocycles. The lowest BCUT2D eigenvalue weighted by atomic mass is 9.93. The molecule has 1 amide bonds. The molecule has 1 N–H and O–H groups in total. The van der Waals surface area contributed by atoms with Gasteiger partial charge in [0.2, 0.25) is 0 Å². The Balaban J connectivity index is 1.91. The minimum Gasteiger partial charge on any atom is -0.507 e. The van der Waals surface area contributed by atoms with Crippen molar-refractivity contribution in [3.63, 3.8) is 0 Å². The fourth-order valence-electron chi connectivity index (χ4n) is 4.99. The van der Waals surface area contributed by atoms with E-state index in [1.54, 1.807) is 18.1 Å². The van der Waals surface area contributed by atoms with Gasteiger partial charge in [-0.3, -0.25) is 9.59 Å². The topological polar surface area (TPSA) is 81.0 Å². The fraction of sp³-hybridized carbons (Fsp3) is 0.379. The summed E-state index contributed by atoms with van der Waals surface area (Å²) in [4.78, 5) is 28.2. The first kappa shape index (κ1) is 25.5. The van der Waals surface area contributed by atoms with Crippen LogP contribution in [-0.4, -0.2) is 53.1 Å². The standard InChI is InChI=1S/C29H34N2O5/c1-6-36-24-13-12-19(16-21(24)18(2)3)27(32)25-26(31(14-9-15-35-5)29(34)28(25)33)22-17-30(4)23-11-8-7-10-20(22)23/h7-8,10-13,16-18,26,32H,6,9,14-15H2,1-5H3/b27-25+. The van der Waals surface area contributed by atoms with Crippen LogP contribution in [0.25, 0.3) is 16.7 Å². The molecule has 190 valence electrons. The van der Waals surface area contributed by atoms with Crippen LogP contribution in [0.3, 0.4) is 0 Å². The summed E-state index contributed by atoms with van der Waals surface area (Å²) in [5.41, 5.74) is 3.31. The lowest BCUT2D eigenvalue weighted by molar-refractivity contribution is -0.140. The van der Waals surface area contributed by atoms with Gasteiger partial charge in [0.1, 0.15) is 11.5 Å². The SMILES string of the molecule is CCOc1ccc(/C(O)=C2\C(=O)C(=O)N(CCCOC)C2c2cn(C)c3ccccc23)cc1C(C)C. The van der Waals surface area contributed by atoms with Crippen LogP contribution in [0, 0.1) is 0 Å². The second-order valence-corrected chi connectivity index (χ2v) is 9.39. The van der Waals surface area contributed by atoms with Crippen LogP contribution >= 0.6 is 0 Å². The van der Waals surface area contributed by atoms with E-state index < -0.39 is 17.7 Å². The highest BCUT2D eigenvalue weighted by Gasteiger charge is 2.46. The number of rotatable bonds is 9. The van der Waals surface area contributed by atoms with Gasteiger partial charge in [0.15, 0.2) is 0 Å². The molecular weight excluding hydrogens is 456 g/mol. The van der Waals surface area contributed by atoms with E-state index in [1.807, 2.05) is 75.0 Å². The zero-order valence-corrected chi connectivity index (χ0v) is 21.6. The highest BCUT2D eigenvalue weighted by atomic mass is 16.5. The quantitative estimate of drug-likeness (QED) is 0.194. The van der Waals surface area contributed by atoms with Crippen molar-refractivity contribution in [2.24, 2.45) is 7.05 Å². The van der Waals surface area contributed by atoms with E-state index in [0.29, 0.717) is 31.7 Å². The Morgan fingerprint density at radius 2 is 1.89 bits per heavy atom. The number of ketones is 1. The van der Waals surface area contributed by atoms with Crippen molar-refractivity contribution in [1.82, 2.24) is 9.47 Å². The van der Waals surface area contributed by atoms with E-state index in [-0.39, 0.29) is 17.3 Å². The first-order valence-corrected chi connectivity index (χ1v) is 12.4. The minimum absolute atomic E-state index is 0.104. The van der Waals surface area contributed by atoms with Crippen molar-refractivity contribution in [2.75, 3.05) is 26.9 Å². The molecule has 0 bridgehead atoms. The summed E-state index contributed by atoms with van der Waals surface area (Å²) in [6.07, 6.45) is 2.51. The molecule has 2 heterocycles. The first-order valence-electron chi connectivity index (χ1n) is 12.4. The van der Waals surface area contributed by atoms with Crippen LogP contribution < -0.4 is 4.74 Å². The monoisotopic (exact) mass is 490 g/mol. The Hall–Kier alpha value is -3.58. The molecule has 1 aromatic heterocycles. The van der Waals surface area contributed by atoms with Gasteiger partial charge in [-0.2, -0.15) is 0 Å².